The third-order valence-electron chi connectivity index (χ3n) is 4.22. The first-order chi connectivity index (χ1) is 9.69. The van der Waals surface area contributed by atoms with E-state index < -0.39 is 0 Å². The van der Waals surface area contributed by atoms with Crippen molar-refractivity contribution in [3.8, 4) is 0 Å². The molecule has 2 atom stereocenters. The summed E-state index contributed by atoms with van der Waals surface area (Å²) in [5, 5.41) is 14.1. The van der Waals surface area contributed by atoms with Crippen molar-refractivity contribution in [2.75, 3.05) is 30.4 Å². The molecule has 20 heavy (non-hydrogen) atoms. The fraction of sp³-hybridized carbons (Fsp3) is 0.571. The molecule has 2 fully saturated rings. The van der Waals surface area contributed by atoms with Crippen LogP contribution in [0.4, 0.5) is 17.1 Å². The molecule has 1 N–H and O–H groups in total. The molecule has 0 bridgehead atoms. The molecular weight excluding hydrogens is 258 g/mol. The van der Waals surface area contributed by atoms with Crippen molar-refractivity contribution in [2.45, 2.75) is 31.4 Å². The molecule has 0 amide bonds. The summed E-state index contributed by atoms with van der Waals surface area (Å²) in [5.41, 5.74) is 1.83. The van der Waals surface area contributed by atoms with Gasteiger partial charge in [-0.15, -0.1) is 0 Å². The Morgan fingerprint density at radius 1 is 1.40 bits per heavy atom. The van der Waals surface area contributed by atoms with Crippen molar-refractivity contribution in [3.63, 3.8) is 0 Å². The molecule has 1 aliphatic heterocycles. The van der Waals surface area contributed by atoms with Crippen LogP contribution in [0.2, 0.25) is 0 Å². The second kappa shape index (κ2) is 5.28. The number of nitrogens with zero attached hydrogens (tertiary/aromatic N) is 2. The number of nitro benzene ring substituents is 1. The Morgan fingerprint density at radius 3 is 3.00 bits per heavy atom. The largest absolute Gasteiger partial charge is 0.388 e. The van der Waals surface area contributed by atoms with Gasteiger partial charge < -0.3 is 15.0 Å². The first kappa shape index (κ1) is 13.2. The van der Waals surface area contributed by atoms with E-state index in [1.807, 2.05) is 6.07 Å². The number of benzene rings is 1. The fourth-order valence-corrected chi connectivity index (χ4v) is 3.26. The Morgan fingerprint density at radius 2 is 2.25 bits per heavy atom. The predicted molar refractivity (Wildman–Crippen MR) is 77.4 cm³/mol. The quantitative estimate of drug-likeness (QED) is 0.678. The summed E-state index contributed by atoms with van der Waals surface area (Å²) in [7, 11) is 1.78. The van der Waals surface area contributed by atoms with E-state index in [0.717, 1.165) is 30.8 Å². The van der Waals surface area contributed by atoms with Crippen molar-refractivity contribution in [1.29, 1.82) is 0 Å². The molecule has 1 aromatic carbocycles. The number of ether oxygens (including phenoxy) is 1. The number of nitrogens with one attached hydrogen (secondary N) is 1. The summed E-state index contributed by atoms with van der Waals surface area (Å²) in [6.07, 6.45) is 3.64. The Balaban J connectivity index is 1.95. The van der Waals surface area contributed by atoms with Gasteiger partial charge in [-0.3, -0.25) is 10.1 Å². The molecule has 1 heterocycles. The van der Waals surface area contributed by atoms with Gasteiger partial charge in [0, 0.05) is 37.1 Å². The van der Waals surface area contributed by atoms with Gasteiger partial charge in [-0.25, -0.2) is 0 Å². The lowest BCUT2D eigenvalue weighted by Gasteiger charge is -2.39. The van der Waals surface area contributed by atoms with Crippen LogP contribution >= 0.6 is 0 Å². The maximum absolute atomic E-state index is 11.1. The molecule has 0 aromatic heterocycles. The van der Waals surface area contributed by atoms with Gasteiger partial charge in [-0.1, -0.05) is 0 Å². The van der Waals surface area contributed by atoms with Crippen LogP contribution in [0.1, 0.15) is 19.3 Å². The smallest absolute Gasteiger partial charge is 0.273 e. The highest BCUT2D eigenvalue weighted by atomic mass is 16.6. The van der Waals surface area contributed by atoms with Gasteiger partial charge in [0.25, 0.3) is 5.69 Å². The first-order valence-electron chi connectivity index (χ1n) is 7.04. The highest BCUT2D eigenvalue weighted by molar-refractivity contribution is 5.65. The van der Waals surface area contributed by atoms with Crippen molar-refractivity contribution in [2.24, 2.45) is 0 Å². The van der Waals surface area contributed by atoms with Gasteiger partial charge in [-0.05, 0) is 25.3 Å². The van der Waals surface area contributed by atoms with E-state index in [4.69, 9.17) is 4.74 Å². The van der Waals surface area contributed by atoms with Crippen LogP contribution in [0.25, 0.3) is 0 Å². The molecule has 3 rings (SSSR count). The minimum absolute atomic E-state index is 0.132. The van der Waals surface area contributed by atoms with Crippen LogP contribution in [0.15, 0.2) is 18.2 Å². The van der Waals surface area contributed by atoms with E-state index in [2.05, 4.69) is 10.2 Å². The molecule has 1 saturated heterocycles. The summed E-state index contributed by atoms with van der Waals surface area (Å²) in [5.74, 6) is 0. The molecule has 1 aliphatic carbocycles. The molecule has 2 unspecified atom stereocenters. The SMILES string of the molecule is CNc1cc(N2CCOC3CCCC32)cc([N+](=O)[O-])c1. The van der Waals surface area contributed by atoms with Gasteiger partial charge in [0.15, 0.2) is 0 Å². The Hall–Kier alpha value is -1.82. The number of hydrogen-bond donors (Lipinski definition) is 1. The number of non-ortho nitro benzene ring substituents is 1. The maximum Gasteiger partial charge on any atom is 0.273 e. The van der Waals surface area contributed by atoms with Gasteiger partial charge >= 0.3 is 0 Å². The second-order valence-electron chi connectivity index (χ2n) is 5.35. The first-order valence-corrected chi connectivity index (χ1v) is 7.04. The molecule has 1 aromatic rings. The summed E-state index contributed by atoms with van der Waals surface area (Å²) < 4.78 is 5.80. The summed E-state index contributed by atoms with van der Waals surface area (Å²) in [6.45, 7) is 1.49. The van der Waals surface area contributed by atoms with Crippen LogP contribution in [0, 0.1) is 10.1 Å². The van der Waals surface area contributed by atoms with E-state index in [0.29, 0.717) is 12.6 Å². The number of hydrogen-bond acceptors (Lipinski definition) is 5. The lowest BCUT2D eigenvalue weighted by Crippen LogP contribution is -2.48. The standard InChI is InChI=1S/C14H19N3O3/c1-15-10-7-11(9-12(8-10)17(18)19)16-5-6-20-14-4-2-3-13(14)16/h7-9,13-15H,2-6H2,1H3. The van der Waals surface area contributed by atoms with E-state index in [1.165, 1.54) is 6.42 Å². The summed E-state index contributed by atoms with van der Waals surface area (Å²) in [4.78, 5) is 13.0. The molecular formula is C14H19N3O3. The van der Waals surface area contributed by atoms with Crippen molar-refractivity contribution in [1.82, 2.24) is 0 Å². The number of fused-ring (bicyclic) bond motifs is 1. The second-order valence-corrected chi connectivity index (χ2v) is 5.35. The number of nitro groups is 1. The van der Waals surface area contributed by atoms with Crippen molar-refractivity contribution < 1.29 is 9.66 Å². The summed E-state index contributed by atoms with van der Waals surface area (Å²) in [6, 6.07) is 5.57. The third-order valence-corrected chi connectivity index (χ3v) is 4.22. The normalized spacial score (nSPS) is 25.4. The number of anilines is 2. The van der Waals surface area contributed by atoms with Gasteiger partial charge in [0.2, 0.25) is 0 Å². The minimum Gasteiger partial charge on any atom is -0.388 e. The molecule has 0 radical (unpaired) electrons. The topological polar surface area (TPSA) is 67.6 Å². The molecule has 2 aliphatic rings. The maximum atomic E-state index is 11.1. The van der Waals surface area contributed by atoms with E-state index in [9.17, 15) is 10.1 Å². The predicted octanol–water partition coefficient (Wildman–Crippen LogP) is 2.39. The monoisotopic (exact) mass is 277 g/mol. The van der Waals surface area contributed by atoms with Crippen molar-refractivity contribution in [3.05, 3.63) is 28.3 Å². The van der Waals surface area contributed by atoms with Crippen LogP contribution in [0.3, 0.4) is 0 Å². The Bertz CT molecular complexity index is 520. The lowest BCUT2D eigenvalue weighted by atomic mass is 10.1. The van der Waals surface area contributed by atoms with E-state index in [-0.39, 0.29) is 16.7 Å². The molecule has 6 heteroatoms. The number of rotatable bonds is 3. The average Bonchev–Trinajstić information content (AvgIpc) is 2.94. The number of morpholine rings is 1. The van der Waals surface area contributed by atoms with Gasteiger partial charge in [0.1, 0.15) is 0 Å². The third kappa shape index (κ3) is 2.31. The van der Waals surface area contributed by atoms with E-state index >= 15 is 0 Å². The molecule has 1 saturated carbocycles. The van der Waals surface area contributed by atoms with Gasteiger partial charge in [0.05, 0.1) is 23.7 Å². The van der Waals surface area contributed by atoms with Crippen LogP contribution in [-0.2, 0) is 4.74 Å². The van der Waals surface area contributed by atoms with E-state index in [1.54, 1.807) is 19.2 Å². The van der Waals surface area contributed by atoms with Crippen molar-refractivity contribution >= 4 is 17.1 Å². The minimum atomic E-state index is -0.336. The zero-order valence-electron chi connectivity index (χ0n) is 11.5. The van der Waals surface area contributed by atoms with Crippen LogP contribution in [0.5, 0.6) is 0 Å². The Kier molecular flexibility index (Phi) is 3.48. The Labute approximate surface area is 117 Å². The zero-order valence-corrected chi connectivity index (χ0v) is 11.5. The van der Waals surface area contributed by atoms with Gasteiger partial charge in [-0.2, -0.15) is 0 Å². The highest BCUT2D eigenvalue weighted by Crippen LogP contribution is 2.35. The molecule has 108 valence electrons. The zero-order chi connectivity index (χ0) is 14.1. The average molecular weight is 277 g/mol. The van der Waals surface area contributed by atoms with Crippen LogP contribution < -0.4 is 10.2 Å². The lowest BCUT2D eigenvalue weighted by molar-refractivity contribution is -0.384. The molecule has 6 nitrogen and oxygen atoms in total. The van der Waals surface area contributed by atoms with Crippen LogP contribution in [-0.4, -0.2) is 37.3 Å². The summed E-state index contributed by atoms with van der Waals surface area (Å²) >= 11 is 0. The fourth-order valence-electron chi connectivity index (χ4n) is 3.26. The molecule has 0 spiro atoms. The highest BCUT2D eigenvalue weighted by Gasteiger charge is 2.36.